The molecule has 2 rings (SSSR count). The molecule has 2 N–H and O–H groups in total. The Balaban J connectivity index is 1.86. The Labute approximate surface area is 156 Å². The topological polar surface area (TPSA) is 106 Å². The van der Waals surface area contributed by atoms with Crippen LogP contribution in [0, 0.1) is 0 Å². The van der Waals surface area contributed by atoms with Gasteiger partial charge in [-0.1, -0.05) is 0 Å². The molecule has 0 atom stereocenters. The predicted octanol–water partition coefficient (Wildman–Crippen LogP) is 1.96. The first-order valence-corrected chi connectivity index (χ1v) is 8.09. The largest absolute Gasteiger partial charge is 0.497 e. The zero-order valence-corrected chi connectivity index (χ0v) is 14.9. The number of nitrogens with one attached hydrogen (secondary N) is 2. The second-order valence-electron chi connectivity index (χ2n) is 5.22. The van der Waals surface area contributed by atoms with Crippen molar-refractivity contribution in [1.29, 1.82) is 0 Å². The summed E-state index contributed by atoms with van der Waals surface area (Å²) in [4.78, 5) is 35.2. The molecular weight excluding hydrogens is 350 g/mol. The maximum Gasteiger partial charge on any atom is 0.338 e. The molecule has 0 heterocycles. The van der Waals surface area contributed by atoms with Gasteiger partial charge in [0, 0.05) is 5.69 Å². The minimum atomic E-state index is -0.922. The van der Waals surface area contributed by atoms with Crippen LogP contribution in [0.2, 0.25) is 0 Å². The second-order valence-corrected chi connectivity index (χ2v) is 5.22. The lowest BCUT2D eigenvalue weighted by atomic mass is 10.2. The molecule has 2 amide bonds. The lowest BCUT2D eigenvalue weighted by Gasteiger charge is -2.05. The van der Waals surface area contributed by atoms with Gasteiger partial charge in [0.05, 0.1) is 25.5 Å². The monoisotopic (exact) mass is 369 g/mol. The van der Waals surface area contributed by atoms with Gasteiger partial charge >= 0.3 is 17.8 Å². The van der Waals surface area contributed by atoms with E-state index in [1.54, 1.807) is 38.3 Å². The highest BCUT2D eigenvalue weighted by molar-refractivity contribution is 6.39. The first kappa shape index (κ1) is 19.6. The van der Waals surface area contributed by atoms with Gasteiger partial charge in [0.2, 0.25) is 0 Å². The number of carbonyl (C=O) groups is 3. The molecule has 2 aromatic carbocycles. The predicted molar refractivity (Wildman–Crippen MR) is 99.8 cm³/mol. The van der Waals surface area contributed by atoms with Crippen molar-refractivity contribution in [3.8, 4) is 5.75 Å². The van der Waals surface area contributed by atoms with Crippen molar-refractivity contribution in [2.45, 2.75) is 6.92 Å². The summed E-state index contributed by atoms with van der Waals surface area (Å²) in [5.41, 5.74) is 3.58. The Morgan fingerprint density at radius 3 is 2.26 bits per heavy atom. The summed E-state index contributed by atoms with van der Waals surface area (Å²) in [6.07, 6.45) is 1.40. The maximum atomic E-state index is 11.9. The van der Waals surface area contributed by atoms with Gasteiger partial charge in [-0.2, -0.15) is 5.10 Å². The van der Waals surface area contributed by atoms with Gasteiger partial charge < -0.3 is 14.8 Å². The van der Waals surface area contributed by atoms with Crippen LogP contribution in [0.1, 0.15) is 22.8 Å². The van der Waals surface area contributed by atoms with Gasteiger partial charge in [-0.15, -0.1) is 0 Å². The summed E-state index contributed by atoms with van der Waals surface area (Å²) >= 11 is 0. The molecule has 0 aliphatic carbocycles. The third-order valence-corrected chi connectivity index (χ3v) is 3.36. The molecule has 0 radical (unpaired) electrons. The summed E-state index contributed by atoms with van der Waals surface area (Å²) in [6.45, 7) is 1.98. The highest BCUT2D eigenvalue weighted by Gasteiger charge is 2.13. The molecule has 0 bridgehead atoms. The summed E-state index contributed by atoms with van der Waals surface area (Å²) in [7, 11) is 1.56. The van der Waals surface area contributed by atoms with E-state index in [-0.39, 0.29) is 6.61 Å². The Kier molecular flexibility index (Phi) is 7.07. The van der Waals surface area contributed by atoms with Crippen LogP contribution in [-0.4, -0.2) is 37.7 Å². The van der Waals surface area contributed by atoms with E-state index in [4.69, 9.17) is 9.47 Å². The molecule has 0 fully saturated rings. The second kappa shape index (κ2) is 9.71. The van der Waals surface area contributed by atoms with E-state index >= 15 is 0 Å². The van der Waals surface area contributed by atoms with Crippen LogP contribution in [0.15, 0.2) is 53.6 Å². The number of rotatable bonds is 6. The lowest BCUT2D eigenvalue weighted by Crippen LogP contribution is -2.32. The average Bonchev–Trinajstić information content (AvgIpc) is 2.69. The highest BCUT2D eigenvalue weighted by atomic mass is 16.5. The fourth-order valence-electron chi connectivity index (χ4n) is 2.00. The zero-order valence-electron chi connectivity index (χ0n) is 14.9. The number of hydrogen-bond acceptors (Lipinski definition) is 6. The van der Waals surface area contributed by atoms with E-state index in [0.29, 0.717) is 17.0 Å². The summed E-state index contributed by atoms with van der Waals surface area (Å²) in [6, 6.07) is 13.0. The number of benzene rings is 2. The molecule has 27 heavy (non-hydrogen) atoms. The summed E-state index contributed by atoms with van der Waals surface area (Å²) in [5.74, 6) is -1.56. The van der Waals surface area contributed by atoms with Crippen molar-refractivity contribution in [3.05, 3.63) is 59.7 Å². The molecule has 2 aromatic rings. The quantitative estimate of drug-likeness (QED) is 0.350. The van der Waals surface area contributed by atoms with E-state index in [2.05, 4.69) is 15.8 Å². The molecule has 0 aliphatic rings. The minimum Gasteiger partial charge on any atom is -0.497 e. The van der Waals surface area contributed by atoms with Crippen LogP contribution in [0.5, 0.6) is 5.75 Å². The number of ether oxygens (including phenoxy) is 2. The number of carbonyl (C=O) groups excluding carboxylic acids is 3. The number of hydrazone groups is 1. The Bertz CT molecular complexity index is 829. The molecular formula is C19H19N3O5. The molecule has 140 valence electrons. The summed E-state index contributed by atoms with van der Waals surface area (Å²) < 4.78 is 9.91. The maximum absolute atomic E-state index is 11.9. The Morgan fingerprint density at radius 2 is 1.67 bits per heavy atom. The molecule has 0 unspecified atom stereocenters. The average molecular weight is 369 g/mol. The number of hydrogen-bond donors (Lipinski definition) is 2. The van der Waals surface area contributed by atoms with Crippen molar-refractivity contribution in [3.63, 3.8) is 0 Å². The Hall–Kier alpha value is -3.68. The fourth-order valence-corrected chi connectivity index (χ4v) is 2.00. The van der Waals surface area contributed by atoms with E-state index in [1.807, 2.05) is 0 Å². The van der Waals surface area contributed by atoms with Crippen molar-refractivity contribution in [2.24, 2.45) is 5.10 Å². The normalized spacial score (nSPS) is 10.3. The van der Waals surface area contributed by atoms with Gasteiger partial charge in [-0.25, -0.2) is 10.2 Å². The van der Waals surface area contributed by atoms with Crippen LogP contribution in [0.4, 0.5) is 5.69 Å². The van der Waals surface area contributed by atoms with Gasteiger partial charge in [0.25, 0.3) is 0 Å². The molecule has 0 saturated heterocycles. The minimum absolute atomic E-state index is 0.272. The van der Waals surface area contributed by atoms with Crippen LogP contribution >= 0.6 is 0 Å². The van der Waals surface area contributed by atoms with Crippen molar-refractivity contribution >= 4 is 29.7 Å². The van der Waals surface area contributed by atoms with Gasteiger partial charge in [0.15, 0.2) is 0 Å². The van der Waals surface area contributed by atoms with E-state index in [9.17, 15) is 14.4 Å². The standard InChI is InChI=1S/C19H19N3O5/c1-3-27-19(25)14-6-8-15(9-7-14)21-17(23)18(24)22-20-12-13-4-10-16(26-2)11-5-13/h4-12H,3H2,1-2H3,(H,21,23)(H,22,24)/b20-12-. The van der Waals surface area contributed by atoms with Crippen LogP contribution in [0.3, 0.4) is 0 Å². The molecule has 0 aromatic heterocycles. The molecule has 0 saturated carbocycles. The molecule has 8 heteroatoms. The number of nitrogens with zero attached hydrogens (tertiary/aromatic N) is 1. The molecule has 0 spiro atoms. The zero-order chi connectivity index (χ0) is 19.6. The van der Waals surface area contributed by atoms with Crippen molar-refractivity contribution in [2.75, 3.05) is 19.0 Å². The first-order valence-electron chi connectivity index (χ1n) is 8.09. The van der Waals surface area contributed by atoms with E-state index in [1.165, 1.54) is 30.5 Å². The molecule has 0 aliphatic heterocycles. The Morgan fingerprint density at radius 1 is 1.00 bits per heavy atom. The van der Waals surface area contributed by atoms with E-state index in [0.717, 1.165) is 5.56 Å². The van der Waals surface area contributed by atoms with Crippen LogP contribution in [-0.2, 0) is 14.3 Å². The third kappa shape index (κ3) is 5.96. The van der Waals surface area contributed by atoms with E-state index < -0.39 is 17.8 Å². The number of esters is 1. The van der Waals surface area contributed by atoms with Crippen molar-refractivity contribution in [1.82, 2.24) is 5.43 Å². The van der Waals surface area contributed by atoms with Gasteiger partial charge in [0.1, 0.15) is 5.75 Å². The number of anilines is 1. The van der Waals surface area contributed by atoms with Gasteiger partial charge in [-0.05, 0) is 61.0 Å². The van der Waals surface area contributed by atoms with Crippen LogP contribution in [0.25, 0.3) is 0 Å². The fraction of sp³-hybridized carbons (Fsp3) is 0.158. The lowest BCUT2D eigenvalue weighted by molar-refractivity contribution is -0.136. The van der Waals surface area contributed by atoms with Gasteiger partial charge in [-0.3, -0.25) is 9.59 Å². The van der Waals surface area contributed by atoms with Crippen molar-refractivity contribution < 1.29 is 23.9 Å². The number of methoxy groups -OCH3 is 1. The third-order valence-electron chi connectivity index (χ3n) is 3.36. The SMILES string of the molecule is CCOC(=O)c1ccc(NC(=O)C(=O)N/N=C\c2ccc(OC)cc2)cc1. The highest BCUT2D eigenvalue weighted by Crippen LogP contribution is 2.11. The van der Waals surface area contributed by atoms with Crippen LogP contribution < -0.4 is 15.5 Å². The molecule has 8 nitrogen and oxygen atoms in total. The smallest absolute Gasteiger partial charge is 0.338 e. The number of amides is 2. The first-order chi connectivity index (χ1) is 13.0. The summed E-state index contributed by atoms with van der Waals surface area (Å²) in [5, 5.41) is 6.14.